The van der Waals surface area contributed by atoms with E-state index >= 15 is 0 Å². The van der Waals surface area contributed by atoms with Crippen molar-refractivity contribution in [3.05, 3.63) is 224 Å². The Morgan fingerprint density at radius 1 is 0.295 bits per heavy atom. The molecule has 12 rings (SSSR count). The molecule has 3 heteroatoms. The molecule has 0 atom stereocenters. The SMILES string of the molecule is c1ccc(-c2cccc3cccc(-c4ccccc4N(c4ccc(-c5cccc6c5oc5ccccc56)cc4)c4cccc(-c5cccc6c5oc5ccccc56)c4)c23)cc1. The molecular formula is C58H37NO2. The summed E-state index contributed by atoms with van der Waals surface area (Å²) in [5, 5.41) is 6.90. The zero-order valence-electron chi connectivity index (χ0n) is 33.1. The molecule has 61 heavy (non-hydrogen) atoms. The van der Waals surface area contributed by atoms with Gasteiger partial charge in [-0.15, -0.1) is 0 Å². The molecule has 3 nitrogen and oxygen atoms in total. The Bertz CT molecular complexity index is 3590. The number of hydrogen-bond donors (Lipinski definition) is 0. The van der Waals surface area contributed by atoms with Crippen molar-refractivity contribution < 1.29 is 8.83 Å². The van der Waals surface area contributed by atoms with Gasteiger partial charge in [0.2, 0.25) is 0 Å². The summed E-state index contributed by atoms with van der Waals surface area (Å²) in [5.74, 6) is 0. The predicted octanol–water partition coefficient (Wildman–Crippen LogP) is 16.8. The van der Waals surface area contributed by atoms with Crippen molar-refractivity contribution in [2.45, 2.75) is 0 Å². The van der Waals surface area contributed by atoms with E-state index in [4.69, 9.17) is 8.83 Å². The van der Waals surface area contributed by atoms with E-state index in [1.54, 1.807) is 0 Å². The first-order valence-electron chi connectivity index (χ1n) is 20.7. The van der Waals surface area contributed by atoms with Gasteiger partial charge in [-0.2, -0.15) is 0 Å². The second-order valence-corrected chi connectivity index (χ2v) is 15.6. The van der Waals surface area contributed by atoms with Crippen molar-refractivity contribution in [2.75, 3.05) is 4.90 Å². The van der Waals surface area contributed by atoms with Crippen LogP contribution < -0.4 is 4.90 Å². The van der Waals surface area contributed by atoms with Gasteiger partial charge in [-0.25, -0.2) is 0 Å². The van der Waals surface area contributed by atoms with E-state index in [1.165, 1.54) is 27.5 Å². The molecule has 0 unspecified atom stereocenters. The second-order valence-electron chi connectivity index (χ2n) is 15.6. The molecule has 0 aliphatic rings. The van der Waals surface area contributed by atoms with Crippen LogP contribution in [0.4, 0.5) is 17.1 Å². The minimum absolute atomic E-state index is 0.889. The zero-order chi connectivity index (χ0) is 40.3. The Labute approximate surface area is 353 Å². The Balaban J connectivity index is 1.06. The summed E-state index contributed by atoms with van der Waals surface area (Å²) in [6.07, 6.45) is 0. The lowest BCUT2D eigenvalue weighted by Crippen LogP contribution is -2.11. The number of benzene rings is 10. The van der Waals surface area contributed by atoms with E-state index in [2.05, 4.69) is 205 Å². The first kappa shape index (κ1) is 34.9. The number of rotatable bonds is 7. The van der Waals surface area contributed by atoms with Gasteiger partial charge in [0.25, 0.3) is 0 Å². The molecule has 0 aliphatic carbocycles. The Morgan fingerprint density at radius 3 is 1.49 bits per heavy atom. The molecule has 0 saturated heterocycles. The highest BCUT2D eigenvalue weighted by atomic mass is 16.3. The van der Waals surface area contributed by atoms with Gasteiger partial charge in [0.15, 0.2) is 0 Å². The van der Waals surface area contributed by atoms with Crippen molar-refractivity contribution in [1.82, 2.24) is 0 Å². The Hall–Kier alpha value is -8.14. The van der Waals surface area contributed by atoms with Crippen LogP contribution in [-0.4, -0.2) is 0 Å². The molecule has 0 fully saturated rings. The van der Waals surface area contributed by atoms with Crippen molar-refractivity contribution in [3.63, 3.8) is 0 Å². The zero-order valence-corrected chi connectivity index (χ0v) is 33.1. The standard InChI is InChI=1S/C58H37NO2/c1-2-15-38(16-3-1)44-24-11-17-40-18-12-27-50(56(40)44)47-21-4-7-30-53(47)59(42-35-33-39(34-36-42)45-25-13-28-51-48-22-5-8-31-54(48)60-57(45)51)43-20-10-19-41(37-43)46-26-14-29-52-49-23-6-9-32-55(49)61-58(46)52/h1-37H. The number of nitrogens with zero attached hydrogens (tertiary/aromatic N) is 1. The summed E-state index contributed by atoms with van der Waals surface area (Å²) in [4.78, 5) is 2.40. The summed E-state index contributed by atoms with van der Waals surface area (Å²) in [6, 6.07) is 79.9. The average Bonchev–Trinajstić information content (AvgIpc) is 3.91. The van der Waals surface area contributed by atoms with Crippen LogP contribution in [0, 0.1) is 0 Å². The summed E-state index contributed by atoms with van der Waals surface area (Å²) in [5.41, 5.74) is 15.7. The summed E-state index contributed by atoms with van der Waals surface area (Å²) >= 11 is 0. The van der Waals surface area contributed by atoms with Crippen molar-refractivity contribution >= 4 is 71.7 Å². The highest BCUT2D eigenvalue weighted by molar-refractivity contribution is 6.12. The summed E-state index contributed by atoms with van der Waals surface area (Å²) < 4.78 is 13.0. The second kappa shape index (κ2) is 14.3. The van der Waals surface area contributed by atoms with E-state index in [-0.39, 0.29) is 0 Å². The number of furan rings is 2. The minimum atomic E-state index is 0.889. The molecule has 0 spiro atoms. The van der Waals surface area contributed by atoms with Crippen LogP contribution in [-0.2, 0) is 0 Å². The first-order chi connectivity index (χ1) is 30.3. The molecule has 0 N–H and O–H groups in total. The Kier molecular flexibility index (Phi) is 8.17. The van der Waals surface area contributed by atoms with Crippen molar-refractivity contribution in [1.29, 1.82) is 0 Å². The number of anilines is 3. The smallest absolute Gasteiger partial charge is 0.143 e. The van der Waals surface area contributed by atoms with Crippen LogP contribution in [0.25, 0.3) is 99.2 Å². The Morgan fingerprint density at radius 2 is 0.787 bits per heavy atom. The largest absolute Gasteiger partial charge is 0.455 e. The molecule has 10 aromatic carbocycles. The molecule has 2 heterocycles. The van der Waals surface area contributed by atoms with Gasteiger partial charge in [-0.05, 0) is 81.1 Å². The lowest BCUT2D eigenvalue weighted by atomic mass is 9.90. The fraction of sp³-hybridized carbons (Fsp3) is 0. The van der Waals surface area contributed by atoms with Crippen LogP contribution in [0.2, 0.25) is 0 Å². The normalized spacial score (nSPS) is 11.6. The van der Waals surface area contributed by atoms with E-state index in [1.807, 2.05) is 24.3 Å². The fourth-order valence-electron chi connectivity index (χ4n) is 9.30. The van der Waals surface area contributed by atoms with Gasteiger partial charge in [-0.3, -0.25) is 0 Å². The van der Waals surface area contributed by atoms with Crippen LogP contribution in [0.15, 0.2) is 233 Å². The average molecular weight is 780 g/mol. The van der Waals surface area contributed by atoms with E-state index in [0.29, 0.717) is 0 Å². The van der Waals surface area contributed by atoms with Crippen LogP contribution in [0.1, 0.15) is 0 Å². The van der Waals surface area contributed by atoms with Crippen LogP contribution in [0.5, 0.6) is 0 Å². The molecule has 0 amide bonds. The molecular weight excluding hydrogens is 743 g/mol. The number of para-hydroxylation sites is 5. The van der Waals surface area contributed by atoms with Crippen LogP contribution in [0.3, 0.4) is 0 Å². The summed E-state index contributed by atoms with van der Waals surface area (Å²) in [6.45, 7) is 0. The predicted molar refractivity (Wildman–Crippen MR) is 255 cm³/mol. The molecule has 0 aliphatic heterocycles. The molecule has 2 aromatic heterocycles. The lowest BCUT2D eigenvalue weighted by Gasteiger charge is -2.29. The van der Waals surface area contributed by atoms with Gasteiger partial charge in [0.05, 0.1) is 5.69 Å². The number of hydrogen-bond acceptors (Lipinski definition) is 3. The van der Waals surface area contributed by atoms with Crippen LogP contribution >= 0.6 is 0 Å². The quantitative estimate of drug-likeness (QED) is 0.161. The molecule has 0 radical (unpaired) electrons. The third-order valence-corrected chi connectivity index (χ3v) is 12.1. The van der Waals surface area contributed by atoms with Gasteiger partial charge >= 0.3 is 0 Å². The maximum absolute atomic E-state index is 6.56. The maximum Gasteiger partial charge on any atom is 0.143 e. The molecule has 0 bridgehead atoms. The van der Waals surface area contributed by atoms with E-state index in [9.17, 15) is 0 Å². The highest BCUT2D eigenvalue weighted by Gasteiger charge is 2.22. The topological polar surface area (TPSA) is 29.5 Å². The fourth-order valence-corrected chi connectivity index (χ4v) is 9.30. The maximum atomic E-state index is 6.56. The summed E-state index contributed by atoms with van der Waals surface area (Å²) in [7, 11) is 0. The molecule has 286 valence electrons. The first-order valence-corrected chi connectivity index (χ1v) is 20.7. The molecule has 12 aromatic rings. The van der Waals surface area contributed by atoms with Crippen molar-refractivity contribution in [2.24, 2.45) is 0 Å². The lowest BCUT2D eigenvalue weighted by molar-refractivity contribution is 0.669. The third-order valence-electron chi connectivity index (χ3n) is 12.1. The third kappa shape index (κ3) is 5.82. The molecule has 0 saturated carbocycles. The monoisotopic (exact) mass is 779 g/mol. The van der Waals surface area contributed by atoms with E-state index in [0.717, 1.165) is 88.8 Å². The van der Waals surface area contributed by atoms with Gasteiger partial charge in [-0.1, -0.05) is 182 Å². The van der Waals surface area contributed by atoms with E-state index < -0.39 is 0 Å². The van der Waals surface area contributed by atoms with Gasteiger partial charge in [0, 0.05) is 49.6 Å². The van der Waals surface area contributed by atoms with Gasteiger partial charge in [0.1, 0.15) is 22.3 Å². The highest BCUT2D eigenvalue weighted by Crippen LogP contribution is 2.46. The van der Waals surface area contributed by atoms with Gasteiger partial charge < -0.3 is 13.7 Å². The number of fused-ring (bicyclic) bond motifs is 7. The van der Waals surface area contributed by atoms with Crippen molar-refractivity contribution in [3.8, 4) is 44.5 Å². The minimum Gasteiger partial charge on any atom is -0.455 e.